The maximum atomic E-state index is 11.8. The number of hydrogen-bond donors (Lipinski definition) is 4. The summed E-state index contributed by atoms with van der Waals surface area (Å²) < 4.78 is 66.1. The van der Waals surface area contributed by atoms with Crippen molar-refractivity contribution in [1.82, 2.24) is 5.43 Å². The molecule has 27 heavy (non-hydrogen) atoms. The van der Waals surface area contributed by atoms with Crippen LogP contribution in [0.15, 0.2) is 0 Å². The highest BCUT2D eigenvalue weighted by molar-refractivity contribution is 7.67. The summed E-state index contributed by atoms with van der Waals surface area (Å²) in [5.41, 5.74) is 1.70. The van der Waals surface area contributed by atoms with Gasteiger partial charge in [0.15, 0.2) is 0 Å². The number of ether oxygens (including phenoxy) is 2. The van der Waals surface area contributed by atoms with Gasteiger partial charge >= 0.3 is 29.6 Å². The van der Waals surface area contributed by atoms with Gasteiger partial charge in [-0.05, 0) is 0 Å². The number of hydrogen-bond acceptors (Lipinski definition) is 12. The summed E-state index contributed by atoms with van der Waals surface area (Å²) in [4.78, 5) is 30.1. The van der Waals surface area contributed by atoms with E-state index in [0.29, 0.717) is 0 Å². The third kappa shape index (κ3) is 8.28. The van der Waals surface area contributed by atoms with Gasteiger partial charge in [-0.15, -0.1) is 0 Å². The number of nitrogens with two attached hydrogens (primary N) is 1. The molecule has 0 aromatic heterocycles. The molecule has 2 radical (unpaired) electrons. The van der Waals surface area contributed by atoms with Crippen molar-refractivity contribution in [2.45, 2.75) is 24.6 Å². The first-order chi connectivity index (χ1) is 12.4. The zero-order chi connectivity index (χ0) is 20.9. The average Bonchev–Trinajstić information content (AvgIpc) is 2.90. The summed E-state index contributed by atoms with van der Waals surface area (Å²) in [6.07, 6.45) is -3.12. The first kappa shape index (κ1) is 24.7. The Morgan fingerprint density at radius 2 is 1.81 bits per heavy atom. The standard InChI is InChI=1S/C8H18BN2O13P3/c1-18-27(17,19-2)24-26(15,16)23-25(13,14)20-4-6-5(3-7(9)21-6)22-8(12)11-10/h5-7H,3-4,10H2,1-2H3,(H,11,12)(H,13,14)(H,15,16)/t5?,6-,7-/m1/s1. The molecule has 1 aliphatic heterocycles. The minimum absolute atomic E-state index is 0.0184. The molecule has 1 heterocycles. The van der Waals surface area contributed by atoms with Gasteiger partial charge in [-0.25, -0.2) is 24.3 Å². The molecule has 1 saturated heterocycles. The Balaban J connectivity index is 2.68. The molecule has 5 N–H and O–H groups in total. The molecule has 0 saturated carbocycles. The lowest BCUT2D eigenvalue weighted by Crippen LogP contribution is -2.38. The van der Waals surface area contributed by atoms with Crippen LogP contribution in [0.3, 0.4) is 0 Å². The Kier molecular flexibility index (Phi) is 9.08. The van der Waals surface area contributed by atoms with Gasteiger partial charge in [-0.3, -0.25) is 19.0 Å². The van der Waals surface area contributed by atoms with Gasteiger partial charge < -0.3 is 19.3 Å². The largest absolute Gasteiger partial charge is 0.490 e. The van der Waals surface area contributed by atoms with Crippen molar-refractivity contribution in [2.24, 2.45) is 5.84 Å². The number of hydrazine groups is 1. The Morgan fingerprint density at radius 3 is 2.33 bits per heavy atom. The van der Waals surface area contributed by atoms with Crippen molar-refractivity contribution < 1.29 is 59.9 Å². The fraction of sp³-hybridized carbons (Fsp3) is 0.875. The summed E-state index contributed by atoms with van der Waals surface area (Å²) in [6.45, 7) is -0.740. The molecule has 15 nitrogen and oxygen atoms in total. The molecule has 19 heteroatoms. The lowest BCUT2D eigenvalue weighted by atomic mass is 9.96. The van der Waals surface area contributed by atoms with Gasteiger partial charge in [0.2, 0.25) is 0 Å². The van der Waals surface area contributed by atoms with E-state index in [1.807, 2.05) is 0 Å². The highest BCUT2D eigenvalue weighted by Gasteiger charge is 2.44. The zero-order valence-electron chi connectivity index (χ0n) is 14.0. The number of nitrogens with one attached hydrogen (secondary N) is 1. The van der Waals surface area contributed by atoms with Crippen molar-refractivity contribution in [3.63, 3.8) is 0 Å². The second-order valence-electron chi connectivity index (χ2n) is 4.75. The first-order valence-electron chi connectivity index (χ1n) is 6.88. The number of phosphoric acid groups is 3. The summed E-state index contributed by atoms with van der Waals surface area (Å²) in [7, 11) is -7.97. The molecule has 1 aliphatic rings. The molecule has 0 aromatic carbocycles. The van der Waals surface area contributed by atoms with E-state index >= 15 is 0 Å². The minimum atomic E-state index is -5.41. The summed E-state index contributed by atoms with van der Waals surface area (Å²) in [5.74, 6) is 4.87. The Bertz CT molecular complexity index is 655. The predicted octanol–water partition coefficient (Wildman–Crippen LogP) is -0.110. The van der Waals surface area contributed by atoms with E-state index in [2.05, 4.69) is 22.2 Å². The maximum absolute atomic E-state index is 11.8. The summed E-state index contributed by atoms with van der Waals surface area (Å²) in [5, 5.41) is 0. The number of amides is 1. The second-order valence-corrected chi connectivity index (χ2v) is 9.81. The molecular formula is C8H18BN2O13P3. The highest BCUT2D eigenvalue weighted by atomic mass is 31.3. The quantitative estimate of drug-likeness (QED) is 0.112. The van der Waals surface area contributed by atoms with Crippen molar-refractivity contribution in [3.05, 3.63) is 0 Å². The SMILES string of the molecule is [B][C@H]1CC(OC(=O)NN)[C@@H](COP(=O)(O)OP(=O)(O)OP(=O)(OC)OC)O1. The molecule has 0 aromatic rings. The molecule has 156 valence electrons. The molecule has 3 unspecified atom stereocenters. The van der Waals surface area contributed by atoms with Crippen molar-refractivity contribution in [1.29, 1.82) is 0 Å². The smallest absolute Gasteiger partial charge is 0.442 e. The summed E-state index contributed by atoms with van der Waals surface area (Å²) in [6, 6.07) is -0.880. The zero-order valence-corrected chi connectivity index (χ0v) is 16.7. The molecule has 1 fully saturated rings. The monoisotopic (exact) mass is 454 g/mol. The molecule has 0 bridgehead atoms. The van der Waals surface area contributed by atoms with Gasteiger partial charge in [-0.2, -0.15) is 8.62 Å². The average molecular weight is 454 g/mol. The Labute approximate surface area is 154 Å². The van der Waals surface area contributed by atoms with Crippen LogP contribution >= 0.6 is 23.5 Å². The molecule has 1 rings (SSSR count). The third-order valence-electron chi connectivity index (χ3n) is 2.86. The lowest BCUT2D eigenvalue weighted by molar-refractivity contribution is -0.0113. The molecule has 5 atom stereocenters. The first-order valence-corrected chi connectivity index (χ1v) is 11.3. The number of phosphoric ester groups is 2. The van der Waals surface area contributed by atoms with Crippen molar-refractivity contribution in [2.75, 3.05) is 20.8 Å². The maximum Gasteiger partial charge on any atom is 0.490 e. The van der Waals surface area contributed by atoms with E-state index in [9.17, 15) is 28.3 Å². The van der Waals surface area contributed by atoms with Gasteiger partial charge in [0, 0.05) is 26.6 Å². The van der Waals surface area contributed by atoms with E-state index in [0.717, 1.165) is 14.2 Å². The fourth-order valence-corrected chi connectivity index (χ4v) is 5.44. The molecule has 0 aliphatic carbocycles. The van der Waals surface area contributed by atoms with Gasteiger partial charge in [0.1, 0.15) is 20.1 Å². The van der Waals surface area contributed by atoms with Crippen LogP contribution < -0.4 is 11.3 Å². The van der Waals surface area contributed by atoms with E-state index < -0.39 is 54.4 Å². The van der Waals surface area contributed by atoms with Crippen LogP contribution in [0.4, 0.5) is 4.79 Å². The molecule has 0 spiro atoms. The van der Waals surface area contributed by atoms with Crippen molar-refractivity contribution >= 4 is 37.4 Å². The number of carbonyl (C=O) groups excluding carboxylic acids is 1. The van der Waals surface area contributed by atoms with Crippen LogP contribution in [0.5, 0.6) is 0 Å². The van der Waals surface area contributed by atoms with Gasteiger partial charge in [0.05, 0.1) is 6.61 Å². The van der Waals surface area contributed by atoms with E-state index in [1.54, 1.807) is 5.43 Å². The fourth-order valence-electron chi connectivity index (χ4n) is 1.79. The topological polar surface area (TPSA) is 211 Å². The van der Waals surface area contributed by atoms with Crippen LogP contribution in [0.1, 0.15) is 6.42 Å². The van der Waals surface area contributed by atoms with Gasteiger partial charge in [0.25, 0.3) is 0 Å². The van der Waals surface area contributed by atoms with Crippen molar-refractivity contribution in [3.8, 4) is 0 Å². The third-order valence-corrected chi connectivity index (χ3v) is 7.51. The Hall–Kier alpha value is -0.335. The van der Waals surface area contributed by atoms with Gasteiger partial charge in [-0.1, -0.05) is 0 Å². The van der Waals surface area contributed by atoms with Crippen LogP contribution in [-0.2, 0) is 45.4 Å². The lowest BCUT2D eigenvalue weighted by Gasteiger charge is -2.21. The van der Waals surface area contributed by atoms with E-state index in [4.69, 9.17) is 23.2 Å². The normalized spacial score (nSPS) is 27.5. The van der Waals surface area contributed by atoms with E-state index in [1.165, 1.54) is 0 Å². The summed E-state index contributed by atoms with van der Waals surface area (Å²) >= 11 is 0. The predicted molar refractivity (Wildman–Crippen MR) is 86.0 cm³/mol. The number of carbonyl (C=O) groups is 1. The van der Waals surface area contributed by atoms with Crippen LogP contribution in [0.25, 0.3) is 0 Å². The van der Waals surface area contributed by atoms with Crippen LogP contribution in [0, 0.1) is 0 Å². The molecule has 1 amide bonds. The molecular weight excluding hydrogens is 436 g/mol. The highest BCUT2D eigenvalue weighted by Crippen LogP contribution is 2.68. The second kappa shape index (κ2) is 9.92. The number of rotatable bonds is 10. The van der Waals surface area contributed by atoms with E-state index in [-0.39, 0.29) is 6.42 Å². The Morgan fingerprint density at radius 1 is 1.22 bits per heavy atom. The van der Waals surface area contributed by atoms with Crippen LogP contribution in [-0.4, -0.2) is 62.8 Å². The van der Waals surface area contributed by atoms with Crippen LogP contribution in [0.2, 0.25) is 0 Å². The minimum Gasteiger partial charge on any atom is -0.442 e.